The van der Waals surface area contributed by atoms with Gasteiger partial charge in [-0.3, -0.25) is 4.79 Å². The molecule has 2 aromatic rings. The maximum Gasteiger partial charge on any atom is 0.356 e. The maximum atomic E-state index is 12.1. The van der Waals surface area contributed by atoms with Crippen LogP contribution >= 0.6 is 11.6 Å². The lowest BCUT2D eigenvalue weighted by Gasteiger charge is -2.09. The molecular weight excluding hydrogens is 282 g/mol. The van der Waals surface area contributed by atoms with Gasteiger partial charge in [0.2, 0.25) is 0 Å². The van der Waals surface area contributed by atoms with E-state index in [0.29, 0.717) is 10.7 Å². The van der Waals surface area contributed by atoms with E-state index in [1.807, 2.05) is 0 Å². The zero-order chi connectivity index (χ0) is 14.7. The highest BCUT2D eigenvalue weighted by Crippen LogP contribution is 2.20. The molecule has 2 N–H and O–H groups in total. The first-order valence-corrected chi connectivity index (χ1v) is 5.98. The van der Waals surface area contributed by atoms with E-state index in [1.54, 1.807) is 25.1 Å². The van der Waals surface area contributed by atoms with Crippen LogP contribution in [0.3, 0.4) is 0 Å². The van der Waals surface area contributed by atoms with Gasteiger partial charge >= 0.3 is 5.97 Å². The SMILES string of the molecule is Cc1ccc(Cl)cc1NC(=O)c1nccnc1C(=O)O. The van der Waals surface area contributed by atoms with Gasteiger partial charge in [-0.2, -0.15) is 0 Å². The molecule has 0 bridgehead atoms. The minimum absolute atomic E-state index is 0.251. The highest BCUT2D eigenvalue weighted by atomic mass is 35.5. The van der Waals surface area contributed by atoms with Crippen molar-refractivity contribution in [3.8, 4) is 0 Å². The number of nitrogens with one attached hydrogen (secondary N) is 1. The fourth-order valence-electron chi connectivity index (χ4n) is 1.57. The first-order valence-electron chi connectivity index (χ1n) is 5.61. The standard InChI is InChI=1S/C13H10ClN3O3/c1-7-2-3-8(14)6-9(7)17-12(18)10-11(13(19)20)16-5-4-15-10/h2-6H,1H3,(H,17,18)(H,19,20). The first kappa shape index (κ1) is 14.0. The van der Waals surface area contributed by atoms with Crippen LogP contribution in [-0.2, 0) is 0 Å². The molecule has 0 fully saturated rings. The van der Waals surface area contributed by atoms with Gasteiger partial charge in [-0.15, -0.1) is 0 Å². The van der Waals surface area contributed by atoms with Crippen molar-refractivity contribution in [3.63, 3.8) is 0 Å². The van der Waals surface area contributed by atoms with Crippen molar-refractivity contribution in [2.75, 3.05) is 5.32 Å². The van der Waals surface area contributed by atoms with Gasteiger partial charge in [0.05, 0.1) is 0 Å². The molecule has 0 aliphatic carbocycles. The molecule has 0 aliphatic rings. The molecule has 6 nitrogen and oxygen atoms in total. The van der Waals surface area contributed by atoms with Crippen LogP contribution in [0.2, 0.25) is 5.02 Å². The summed E-state index contributed by atoms with van der Waals surface area (Å²) in [5.41, 5.74) is 0.636. The number of nitrogens with zero attached hydrogens (tertiary/aromatic N) is 2. The van der Waals surface area contributed by atoms with Crippen molar-refractivity contribution in [1.82, 2.24) is 9.97 Å². The topological polar surface area (TPSA) is 92.2 Å². The van der Waals surface area contributed by atoms with Gasteiger partial charge in [-0.1, -0.05) is 17.7 Å². The van der Waals surface area contributed by atoms with E-state index in [1.165, 1.54) is 12.4 Å². The van der Waals surface area contributed by atoms with Gasteiger partial charge in [-0.25, -0.2) is 14.8 Å². The van der Waals surface area contributed by atoms with Crippen molar-refractivity contribution in [2.45, 2.75) is 6.92 Å². The lowest BCUT2D eigenvalue weighted by molar-refractivity contribution is 0.0685. The van der Waals surface area contributed by atoms with E-state index in [2.05, 4.69) is 15.3 Å². The Kier molecular flexibility index (Phi) is 3.95. The number of aromatic nitrogens is 2. The maximum absolute atomic E-state index is 12.1. The van der Waals surface area contributed by atoms with Gasteiger partial charge in [0, 0.05) is 23.1 Å². The Hall–Kier alpha value is -2.47. The van der Waals surface area contributed by atoms with Gasteiger partial charge < -0.3 is 10.4 Å². The number of halogens is 1. The van der Waals surface area contributed by atoms with E-state index in [4.69, 9.17) is 16.7 Å². The van der Waals surface area contributed by atoms with E-state index >= 15 is 0 Å². The molecule has 0 aliphatic heterocycles. The summed E-state index contributed by atoms with van der Waals surface area (Å²) in [5.74, 6) is -1.97. The van der Waals surface area contributed by atoms with Crippen LogP contribution in [-0.4, -0.2) is 27.0 Å². The Balaban J connectivity index is 2.33. The molecule has 0 unspecified atom stereocenters. The number of carbonyl (C=O) groups excluding carboxylic acids is 1. The van der Waals surface area contributed by atoms with Crippen molar-refractivity contribution < 1.29 is 14.7 Å². The quantitative estimate of drug-likeness (QED) is 0.906. The van der Waals surface area contributed by atoms with E-state index < -0.39 is 17.6 Å². The van der Waals surface area contributed by atoms with Crippen molar-refractivity contribution in [1.29, 1.82) is 0 Å². The first-order chi connectivity index (χ1) is 9.49. The summed E-state index contributed by atoms with van der Waals surface area (Å²) in [5, 5.41) is 12.0. The predicted octanol–water partition coefficient (Wildman–Crippen LogP) is 2.39. The molecule has 1 aromatic heterocycles. The van der Waals surface area contributed by atoms with Gasteiger partial charge in [0.25, 0.3) is 5.91 Å². The number of anilines is 1. The van der Waals surface area contributed by atoms with Gasteiger partial charge in [0.15, 0.2) is 11.4 Å². The zero-order valence-corrected chi connectivity index (χ0v) is 11.2. The van der Waals surface area contributed by atoms with Crippen LogP contribution in [0.5, 0.6) is 0 Å². The molecule has 0 spiro atoms. The van der Waals surface area contributed by atoms with Crippen LogP contribution in [0.25, 0.3) is 0 Å². The summed E-state index contributed by atoms with van der Waals surface area (Å²) in [6.07, 6.45) is 2.47. The lowest BCUT2D eigenvalue weighted by atomic mass is 10.2. The number of carboxylic acid groups (broad SMARTS) is 1. The highest BCUT2D eigenvalue weighted by Gasteiger charge is 2.19. The van der Waals surface area contributed by atoms with Crippen LogP contribution < -0.4 is 5.32 Å². The second kappa shape index (κ2) is 5.66. The second-order valence-corrected chi connectivity index (χ2v) is 4.41. The average molecular weight is 292 g/mol. The number of amides is 1. The predicted molar refractivity (Wildman–Crippen MR) is 73.1 cm³/mol. The summed E-state index contributed by atoms with van der Waals surface area (Å²) >= 11 is 5.85. The van der Waals surface area contributed by atoms with E-state index in [-0.39, 0.29) is 5.69 Å². The Labute approximate surface area is 119 Å². The zero-order valence-electron chi connectivity index (χ0n) is 10.4. The summed E-state index contributed by atoms with van der Waals surface area (Å²) in [7, 11) is 0. The average Bonchev–Trinajstić information content (AvgIpc) is 2.42. The number of hydrogen-bond acceptors (Lipinski definition) is 4. The Morgan fingerprint density at radius 3 is 2.50 bits per heavy atom. The van der Waals surface area contributed by atoms with Crippen LogP contribution in [0, 0.1) is 6.92 Å². The number of benzene rings is 1. The Morgan fingerprint density at radius 1 is 1.20 bits per heavy atom. The van der Waals surface area contributed by atoms with Crippen molar-refractivity contribution >= 4 is 29.2 Å². The second-order valence-electron chi connectivity index (χ2n) is 3.97. The monoisotopic (exact) mass is 291 g/mol. The van der Waals surface area contributed by atoms with Gasteiger partial charge in [0.1, 0.15) is 0 Å². The van der Waals surface area contributed by atoms with Crippen molar-refractivity contribution in [3.05, 3.63) is 52.6 Å². The molecule has 1 heterocycles. The fraction of sp³-hybridized carbons (Fsp3) is 0.0769. The summed E-state index contributed by atoms with van der Waals surface area (Å²) in [4.78, 5) is 30.5. The number of carboxylic acids is 1. The highest BCUT2D eigenvalue weighted by molar-refractivity contribution is 6.31. The summed E-state index contributed by atoms with van der Waals surface area (Å²) in [6.45, 7) is 1.79. The molecule has 0 saturated heterocycles. The smallest absolute Gasteiger partial charge is 0.356 e. The summed E-state index contributed by atoms with van der Waals surface area (Å²) in [6, 6.07) is 5.01. The lowest BCUT2D eigenvalue weighted by Crippen LogP contribution is -2.19. The molecular formula is C13H10ClN3O3. The molecule has 0 atom stereocenters. The number of carbonyl (C=O) groups is 2. The fourth-order valence-corrected chi connectivity index (χ4v) is 1.74. The minimum Gasteiger partial charge on any atom is -0.476 e. The van der Waals surface area contributed by atoms with Crippen LogP contribution in [0.15, 0.2) is 30.6 Å². The van der Waals surface area contributed by atoms with E-state index in [9.17, 15) is 9.59 Å². The van der Waals surface area contributed by atoms with Crippen molar-refractivity contribution in [2.24, 2.45) is 0 Å². The van der Waals surface area contributed by atoms with Gasteiger partial charge in [-0.05, 0) is 24.6 Å². The molecule has 1 amide bonds. The largest absolute Gasteiger partial charge is 0.476 e. The Morgan fingerprint density at radius 2 is 1.85 bits per heavy atom. The molecule has 0 saturated carbocycles. The number of rotatable bonds is 3. The number of aromatic carboxylic acids is 1. The molecule has 1 aromatic carbocycles. The minimum atomic E-state index is -1.31. The summed E-state index contributed by atoms with van der Waals surface area (Å²) < 4.78 is 0. The third-order valence-corrected chi connectivity index (χ3v) is 2.80. The Bertz CT molecular complexity index is 688. The number of aryl methyl sites for hydroxylation is 1. The molecule has 7 heteroatoms. The molecule has 2 rings (SSSR count). The van der Waals surface area contributed by atoms with Crippen LogP contribution in [0.4, 0.5) is 5.69 Å². The van der Waals surface area contributed by atoms with E-state index in [0.717, 1.165) is 5.56 Å². The normalized spacial score (nSPS) is 10.1. The van der Waals surface area contributed by atoms with Crippen LogP contribution in [0.1, 0.15) is 26.5 Å². The third kappa shape index (κ3) is 2.92. The third-order valence-electron chi connectivity index (χ3n) is 2.56. The molecule has 102 valence electrons. The number of hydrogen-bond donors (Lipinski definition) is 2. The molecule has 0 radical (unpaired) electrons. The molecule has 20 heavy (non-hydrogen) atoms.